The molecule has 0 spiro atoms. The molecule has 0 amide bonds. The van der Waals surface area contributed by atoms with Gasteiger partial charge in [0.05, 0.1) is 170 Å². The van der Waals surface area contributed by atoms with E-state index in [-0.39, 0.29) is 35.2 Å². The lowest BCUT2D eigenvalue weighted by atomic mass is 10.2. The van der Waals surface area contributed by atoms with Gasteiger partial charge < -0.3 is 77.7 Å². The third kappa shape index (κ3) is 32.1. The summed E-state index contributed by atoms with van der Waals surface area (Å²) in [7, 11) is -3.72. The maximum Gasteiger partial charge on any atom is 0.297 e. The molecule has 4 aromatic carbocycles. The highest BCUT2D eigenvalue weighted by molar-refractivity contribution is 7.86. The molecule has 0 aliphatic carbocycles. The van der Waals surface area contributed by atoms with E-state index in [1.54, 1.807) is 18.5 Å². The van der Waals surface area contributed by atoms with Crippen LogP contribution in [0.4, 0.5) is 22.7 Å². The summed E-state index contributed by atoms with van der Waals surface area (Å²) >= 11 is 0. The number of phenols is 1. The van der Waals surface area contributed by atoms with Crippen molar-refractivity contribution >= 4 is 43.9 Å². The molecule has 6 rings (SSSR count). The first-order valence-corrected chi connectivity index (χ1v) is 30.3. The summed E-state index contributed by atoms with van der Waals surface area (Å²) < 4.78 is 88.2. The number of hydrogen-bond donors (Lipinski definition) is 3. The first-order valence-electron chi connectivity index (χ1n) is 28.9. The number of aromatic hydroxyl groups is 1. The van der Waals surface area contributed by atoms with E-state index < -0.39 is 15.0 Å². The maximum absolute atomic E-state index is 11.9. The van der Waals surface area contributed by atoms with Gasteiger partial charge in [0.1, 0.15) is 36.1 Å². The predicted molar refractivity (Wildman–Crippen MR) is 333 cm³/mol. The standard InChI is InChI=1S/C21H35N5O4.C16H26O6S.C15H21N5O4.C6H6N2O3/c1-17(2)25-16-26(18(3)4)21-15-19(5-6-20(21)25)30-14-13-29-12-11-28-10-9-27-8-7-23-24-22;1-3-8-19-9-10-20-11-12-21-13-14-22-23(17,18)16-6-4-15(2)5-7-16;16-20-19-3-4-21-5-6-22-7-8-23-9-10-24-13-1-2-14-15(11-13)18-12-17-14;7-5-2-1-4(9)3-6(5)8(10)11/h5-6,15,17-18H,7-14,16H2,1-4H3;4-7H,3,8-14H2,1-2H3;1-2,11-12H,3-10H2,(H,17,18);1-3,9H,7H2. The van der Waals surface area contributed by atoms with Gasteiger partial charge in [0, 0.05) is 53.7 Å². The molecule has 0 atom stereocenters. The maximum atomic E-state index is 11.9. The number of ether oxygens (including phenoxy) is 11. The zero-order valence-electron chi connectivity index (χ0n) is 51.4. The fourth-order valence-electron chi connectivity index (χ4n) is 7.44. The number of aryl methyl sites for hydroxylation is 1. The zero-order chi connectivity index (χ0) is 64.0. The molecular formula is C58H88N12O17S. The number of rotatable bonds is 42. The normalized spacial score (nSPS) is 11.6. The van der Waals surface area contributed by atoms with Gasteiger partial charge in [-0.1, -0.05) is 34.8 Å². The van der Waals surface area contributed by atoms with Crippen LogP contribution in [0.2, 0.25) is 0 Å². The monoisotopic (exact) mass is 1260 g/mol. The number of aromatic amines is 1. The number of nitrogens with one attached hydrogen (secondary N) is 1. The van der Waals surface area contributed by atoms with Crippen LogP contribution >= 0.6 is 0 Å². The minimum Gasteiger partial charge on any atom is -0.508 e. The number of anilines is 3. The largest absolute Gasteiger partial charge is 0.508 e. The minimum atomic E-state index is -3.72. The quantitative estimate of drug-likeness (QED) is 0.00377. The summed E-state index contributed by atoms with van der Waals surface area (Å²) in [4.78, 5) is 27.0. The third-order valence-corrected chi connectivity index (χ3v) is 13.2. The zero-order valence-corrected chi connectivity index (χ0v) is 52.2. The van der Waals surface area contributed by atoms with Crippen LogP contribution in [-0.4, -0.2) is 199 Å². The van der Waals surface area contributed by atoms with Crippen LogP contribution in [0.5, 0.6) is 17.2 Å². The van der Waals surface area contributed by atoms with Crippen molar-refractivity contribution in [3.8, 4) is 17.2 Å². The van der Waals surface area contributed by atoms with E-state index in [2.05, 4.69) is 86.6 Å². The van der Waals surface area contributed by atoms with Crippen molar-refractivity contribution in [2.75, 3.05) is 174 Å². The van der Waals surface area contributed by atoms with Crippen LogP contribution in [0.25, 0.3) is 31.9 Å². The minimum absolute atomic E-state index is 0.0180. The van der Waals surface area contributed by atoms with Gasteiger partial charge in [-0.3, -0.25) is 14.3 Å². The molecule has 0 saturated heterocycles. The molecule has 0 bridgehead atoms. The van der Waals surface area contributed by atoms with Gasteiger partial charge in [0.2, 0.25) is 0 Å². The van der Waals surface area contributed by atoms with Crippen LogP contribution in [-0.2, 0) is 56.9 Å². The number of nitro benzene ring substituents is 1. The molecule has 30 heteroatoms. The van der Waals surface area contributed by atoms with Gasteiger partial charge in [-0.25, -0.2) is 4.98 Å². The Morgan fingerprint density at radius 3 is 1.56 bits per heavy atom. The summed E-state index contributed by atoms with van der Waals surface area (Å²) in [6, 6.07) is 23.0. The summed E-state index contributed by atoms with van der Waals surface area (Å²) in [5.74, 6) is 1.48. The predicted octanol–water partition coefficient (Wildman–Crippen LogP) is 9.17. The summed E-state index contributed by atoms with van der Waals surface area (Å²) in [6.45, 7) is 24.0. The van der Waals surface area contributed by atoms with Gasteiger partial charge >= 0.3 is 0 Å². The van der Waals surface area contributed by atoms with E-state index in [9.17, 15) is 18.5 Å². The molecule has 2 heterocycles. The number of nitrogens with two attached hydrogens (primary N) is 1. The smallest absolute Gasteiger partial charge is 0.297 e. The number of fused-ring (bicyclic) bond motifs is 2. The molecule has 0 fully saturated rings. The topological polar surface area (TPSA) is 367 Å². The number of nitrogen functional groups attached to an aromatic ring is 1. The lowest BCUT2D eigenvalue weighted by Crippen LogP contribution is -2.38. The SMILES string of the molecule is CC(C)N1CN(C(C)C)c2cc(OCCOCCOCCOCCN=[N+]=[N-])ccc21.CCCOCCOCCOCCOS(=O)(=O)c1ccc(C)cc1.Nc1ccc(O)cc1[N+](=O)[O-].[N-]=[N+]=NCCOCCOCCOCCOc1ccc2nc[nH]c2c1. The van der Waals surface area contributed by atoms with Crippen molar-refractivity contribution in [1.82, 2.24) is 9.97 Å². The van der Waals surface area contributed by atoms with Crippen molar-refractivity contribution in [2.45, 2.75) is 64.9 Å². The van der Waals surface area contributed by atoms with Crippen molar-refractivity contribution in [3.05, 3.63) is 122 Å². The van der Waals surface area contributed by atoms with Gasteiger partial charge in [0.25, 0.3) is 15.8 Å². The number of imidazole rings is 1. The van der Waals surface area contributed by atoms with Gasteiger partial charge in [-0.2, -0.15) is 8.42 Å². The van der Waals surface area contributed by atoms with Crippen LogP contribution < -0.4 is 25.0 Å². The molecular weight excluding hydrogens is 1170 g/mol. The Kier molecular flexibility index (Phi) is 39.1. The van der Waals surface area contributed by atoms with Crippen LogP contribution in [0.3, 0.4) is 0 Å². The van der Waals surface area contributed by atoms with E-state index in [1.165, 1.54) is 35.6 Å². The Morgan fingerprint density at radius 1 is 0.625 bits per heavy atom. The fraction of sp³-hybridized carbons (Fsp3) is 0.569. The van der Waals surface area contributed by atoms with E-state index in [0.29, 0.717) is 144 Å². The summed E-state index contributed by atoms with van der Waals surface area (Å²) in [6.07, 6.45) is 2.65. The van der Waals surface area contributed by atoms with Crippen LogP contribution in [0, 0.1) is 17.0 Å². The number of benzene rings is 4. The molecule has 4 N–H and O–H groups in total. The van der Waals surface area contributed by atoms with Crippen molar-refractivity contribution in [1.29, 1.82) is 0 Å². The molecule has 0 radical (unpaired) electrons. The molecule has 0 unspecified atom stereocenters. The van der Waals surface area contributed by atoms with E-state index in [0.717, 1.165) is 53.9 Å². The highest BCUT2D eigenvalue weighted by atomic mass is 32.2. The number of phenolic OH excluding ortho intramolecular Hbond substituents is 1. The molecule has 88 heavy (non-hydrogen) atoms. The Hall–Kier alpha value is -7.28. The number of azide groups is 2. The number of nitro groups is 1. The van der Waals surface area contributed by atoms with E-state index in [4.69, 9.17) is 78.2 Å². The van der Waals surface area contributed by atoms with Gasteiger partial charge in [-0.05, 0) is 101 Å². The molecule has 1 aliphatic rings. The number of H-pyrrole nitrogens is 1. The molecule has 0 saturated carbocycles. The molecule has 488 valence electrons. The van der Waals surface area contributed by atoms with Crippen LogP contribution in [0.1, 0.15) is 46.6 Å². The Balaban J connectivity index is 0.000000320. The van der Waals surface area contributed by atoms with E-state index >= 15 is 0 Å². The number of aromatic nitrogens is 2. The second-order valence-corrected chi connectivity index (χ2v) is 20.8. The van der Waals surface area contributed by atoms with Crippen molar-refractivity contribution in [2.24, 2.45) is 10.2 Å². The lowest BCUT2D eigenvalue weighted by Gasteiger charge is -2.27. The van der Waals surface area contributed by atoms with Crippen molar-refractivity contribution < 1.29 is 74.7 Å². The summed E-state index contributed by atoms with van der Waals surface area (Å²) in [5.41, 5.74) is 26.6. The van der Waals surface area contributed by atoms with Crippen LogP contribution in [0.15, 0.2) is 100 Å². The highest BCUT2D eigenvalue weighted by Gasteiger charge is 2.29. The van der Waals surface area contributed by atoms with Gasteiger partial charge in [-0.15, -0.1) is 0 Å². The average Bonchev–Trinajstić information content (AvgIpc) is 1.93. The first-order chi connectivity index (χ1) is 42.6. The second kappa shape index (κ2) is 45.9. The fourth-order valence-corrected chi connectivity index (χ4v) is 8.34. The van der Waals surface area contributed by atoms with E-state index in [1.807, 2.05) is 31.2 Å². The summed E-state index contributed by atoms with van der Waals surface area (Å²) in [5, 5.41) is 25.8. The van der Waals surface area contributed by atoms with Crippen molar-refractivity contribution in [3.63, 3.8) is 0 Å². The average molecular weight is 1260 g/mol. The van der Waals surface area contributed by atoms with Gasteiger partial charge in [0.15, 0.2) is 0 Å². The second-order valence-electron chi connectivity index (χ2n) is 19.2. The Labute approximate surface area is 515 Å². The molecule has 1 aromatic heterocycles. The lowest BCUT2D eigenvalue weighted by molar-refractivity contribution is -0.384. The Morgan fingerprint density at radius 2 is 1.08 bits per heavy atom. The first kappa shape index (κ1) is 75.0. The Bertz CT molecular complexity index is 2900. The molecule has 29 nitrogen and oxygen atoms in total. The third-order valence-electron chi connectivity index (χ3n) is 11.9. The number of nitrogens with zero attached hydrogens (tertiary/aromatic N) is 10. The highest BCUT2D eigenvalue weighted by Crippen LogP contribution is 2.40. The molecule has 5 aromatic rings. The number of hydrogen-bond acceptors (Lipinski definition) is 23. The molecule has 1 aliphatic heterocycles.